The highest BCUT2D eigenvalue weighted by atomic mass is 79.9. The molecule has 1 aliphatic carbocycles. The van der Waals surface area contributed by atoms with Crippen LogP contribution >= 0.6 is 15.9 Å². The number of hydrogen-bond donors (Lipinski definition) is 0. The highest BCUT2D eigenvalue weighted by Crippen LogP contribution is 2.29. The summed E-state index contributed by atoms with van der Waals surface area (Å²) >= 11 is 3.36. The maximum absolute atomic E-state index is 13.4. The lowest BCUT2D eigenvalue weighted by Gasteiger charge is -2.07. The quantitative estimate of drug-likeness (QED) is 0.650. The van der Waals surface area contributed by atoms with Crippen LogP contribution in [0.15, 0.2) is 16.6 Å². The second-order valence-electron chi connectivity index (χ2n) is 3.51. The Morgan fingerprint density at radius 1 is 1.21 bits per heavy atom. The first-order valence-electron chi connectivity index (χ1n) is 4.70. The van der Waals surface area contributed by atoms with Crippen molar-refractivity contribution in [3.63, 3.8) is 0 Å². The molecule has 0 spiro atoms. The van der Waals surface area contributed by atoms with Gasteiger partial charge in [0.05, 0.1) is 5.56 Å². The lowest BCUT2D eigenvalue weighted by molar-refractivity contribution is 0.0978. The van der Waals surface area contributed by atoms with E-state index in [1.54, 1.807) is 6.07 Å². The smallest absolute Gasteiger partial charge is 0.166 e. The van der Waals surface area contributed by atoms with Crippen LogP contribution in [0.1, 0.15) is 35.2 Å². The minimum Gasteiger partial charge on any atom is -0.294 e. The maximum atomic E-state index is 13.4. The predicted octanol–water partition coefficient (Wildman–Crippen LogP) is 3.50. The standard InChI is InChI=1S/C11H10BrFO/c12-8-5-6-9(13)11-7(8)3-1-2-4-10(11)14/h5-6H,1-4H2. The van der Waals surface area contributed by atoms with Gasteiger partial charge in [0.2, 0.25) is 0 Å². The summed E-state index contributed by atoms with van der Waals surface area (Å²) in [6.45, 7) is 0. The zero-order chi connectivity index (χ0) is 10.1. The van der Waals surface area contributed by atoms with Gasteiger partial charge in [-0.05, 0) is 37.0 Å². The van der Waals surface area contributed by atoms with Gasteiger partial charge in [0.25, 0.3) is 0 Å². The van der Waals surface area contributed by atoms with E-state index in [0.717, 1.165) is 29.3 Å². The first kappa shape index (κ1) is 9.84. The van der Waals surface area contributed by atoms with Gasteiger partial charge in [-0.1, -0.05) is 15.9 Å². The Balaban J connectivity index is 2.62. The van der Waals surface area contributed by atoms with E-state index in [0.29, 0.717) is 12.0 Å². The second-order valence-corrected chi connectivity index (χ2v) is 4.37. The average molecular weight is 257 g/mol. The average Bonchev–Trinajstić information content (AvgIpc) is 2.35. The van der Waals surface area contributed by atoms with Crippen LogP contribution in [0.4, 0.5) is 4.39 Å². The van der Waals surface area contributed by atoms with E-state index in [9.17, 15) is 9.18 Å². The molecule has 2 rings (SSSR count). The monoisotopic (exact) mass is 256 g/mol. The third-order valence-corrected chi connectivity index (χ3v) is 3.31. The number of carbonyl (C=O) groups is 1. The van der Waals surface area contributed by atoms with Crippen LogP contribution in [-0.4, -0.2) is 5.78 Å². The zero-order valence-electron chi connectivity index (χ0n) is 7.65. The summed E-state index contributed by atoms with van der Waals surface area (Å²) in [5.41, 5.74) is 1.14. The molecule has 0 heterocycles. The summed E-state index contributed by atoms with van der Waals surface area (Å²) in [6, 6.07) is 3.03. The number of ketones is 1. The minimum absolute atomic E-state index is 0.0590. The van der Waals surface area contributed by atoms with Crippen LogP contribution in [-0.2, 0) is 6.42 Å². The van der Waals surface area contributed by atoms with E-state index < -0.39 is 0 Å². The lowest BCUT2D eigenvalue weighted by Crippen LogP contribution is -2.04. The molecule has 0 unspecified atom stereocenters. The number of fused-ring (bicyclic) bond motifs is 1. The highest BCUT2D eigenvalue weighted by molar-refractivity contribution is 9.10. The molecule has 1 aromatic carbocycles. The molecule has 0 bridgehead atoms. The van der Waals surface area contributed by atoms with Crippen molar-refractivity contribution in [3.05, 3.63) is 33.5 Å². The van der Waals surface area contributed by atoms with Crippen molar-refractivity contribution in [1.82, 2.24) is 0 Å². The van der Waals surface area contributed by atoms with E-state index >= 15 is 0 Å². The molecule has 0 aliphatic heterocycles. The van der Waals surface area contributed by atoms with Gasteiger partial charge in [-0.2, -0.15) is 0 Å². The second kappa shape index (κ2) is 3.81. The number of Topliss-reactive ketones (excluding diaryl/α,β-unsaturated/α-hetero) is 1. The van der Waals surface area contributed by atoms with Gasteiger partial charge in [0.15, 0.2) is 5.78 Å². The molecule has 0 atom stereocenters. The third kappa shape index (κ3) is 1.61. The zero-order valence-corrected chi connectivity index (χ0v) is 9.23. The normalized spacial score (nSPS) is 16.3. The highest BCUT2D eigenvalue weighted by Gasteiger charge is 2.21. The molecule has 0 saturated carbocycles. The molecule has 74 valence electrons. The van der Waals surface area contributed by atoms with Gasteiger partial charge in [-0.15, -0.1) is 0 Å². The van der Waals surface area contributed by atoms with E-state index in [2.05, 4.69) is 15.9 Å². The minimum atomic E-state index is -0.380. The molecule has 14 heavy (non-hydrogen) atoms. The summed E-state index contributed by atoms with van der Waals surface area (Å²) in [6.07, 6.45) is 3.08. The van der Waals surface area contributed by atoms with E-state index in [4.69, 9.17) is 0 Å². The van der Waals surface area contributed by atoms with E-state index in [-0.39, 0.29) is 11.6 Å². The summed E-state index contributed by atoms with van der Waals surface area (Å²) < 4.78 is 14.3. The molecular formula is C11H10BrFO. The first-order chi connectivity index (χ1) is 6.70. The molecule has 0 aromatic heterocycles. The van der Waals surface area contributed by atoms with Crippen LogP contribution in [0.2, 0.25) is 0 Å². The van der Waals surface area contributed by atoms with Crippen LogP contribution in [0.5, 0.6) is 0 Å². The van der Waals surface area contributed by atoms with Crippen molar-refractivity contribution in [1.29, 1.82) is 0 Å². The van der Waals surface area contributed by atoms with Gasteiger partial charge < -0.3 is 0 Å². The molecule has 0 amide bonds. The molecule has 3 heteroatoms. The molecule has 1 nitrogen and oxygen atoms in total. The first-order valence-corrected chi connectivity index (χ1v) is 5.49. The Labute approximate surface area is 90.4 Å². The Kier molecular flexibility index (Phi) is 2.68. The van der Waals surface area contributed by atoms with Crippen LogP contribution in [0.25, 0.3) is 0 Å². The van der Waals surface area contributed by atoms with Crippen LogP contribution in [0, 0.1) is 5.82 Å². The molecule has 0 radical (unpaired) electrons. The Morgan fingerprint density at radius 3 is 2.71 bits per heavy atom. The molecule has 0 fully saturated rings. The largest absolute Gasteiger partial charge is 0.294 e. The summed E-state index contributed by atoms with van der Waals surface area (Å²) in [4.78, 5) is 11.6. The van der Waals surface area contributed by atoms with Gasteiger partial charge in [-0.3, -0.25) is 4.79 Å². The summed E-state index contributed by atoms with van der Waals surface area (Å²) in [7, 11) is 0. The van der Waals surface area contributed by atoms with Crippen molar-refractivity contribution in [2.75, 3.05) is 0 Å². The molecule has 0 N–H and O–H groups in total. The SMILES string of the molecule is O=C1CCCCc2c(Br)ccc(F)c21. The lowest BCUT2D eigenvalue weighted by atomic mass is 10.0. The number of benzene rings is 1. The fourth-order valence-corrected chi connectivity index (χ4v) is 2.38. The van der Waals surface area contributed by atoms with Crippen molar-refractivity contribution in [2.45, 2.75) is 25.7 Å². The van der Waals surface area contributed by atoms with E-state index in [1.165, 1.54) is 6.07 Å². The van der Waals surface area contributed by atoms with Gasteiger partial charge in [0.1, 0.15) is 5.82 Å². The molecule has 0 saturated heterocycles. The van der Waals surface area contributed by atoms with Crippen molar-refractivity contribution >= 4 is 21.7 Å². The third-order valence-electron chi connectivity index (χ3n) is 2.56. The van der Waals surface area contributed by atoms with E-state index in [1.807, 2.05) is 0 Å². The number of hydrogen-bond acceptors (Lipinski definition) is 1. The fraction of sp³-hybridized carbons (Fsp3) is 0.364. The molecule has 1 aliphatic rings. The van der Waals surface area contributed by atoms with Gasteiger partial charge >= 0.3 is 0 Å². The number of rotatable bonds is 0. The number of halogens is 2. The van der Waals surface area contributed by atoms with Gasteiger partial charge in [-0.25, -0.2) is 4.39 Å². The van der Waals surface area contributed by atoms with Gasteiger partial charge in [0, 0.05) is 10.9 Å². The van der Waals surface area contributed by atoms with Crippen LogP contribution < -0.4 is 0 Å². The number of carbonyl (C=O) groups excluding carboxylic acids is 1. The Morgan fingerprint density at radius 2 is 1.93 bits per heavy atom. The predicted molar refractivity (Wildman–Crippen MR) is 56.0 cm³/mol. The maximum Gasteiger partial charge on any atom is 0.166 e. The topological polar surface area (TPSA) is 17.1 Å². The Bertz CT molecular complexity index is 387. The Hall–Kier alpha value is -0.700. The molecule has 1 aromatic rings. The fourth-order valence-electron chi connectivity index (χ4n) is 1.85. The van der Waals surface area contributed by atoms with Crippen molar-refractivity contribution in [3.8, 4) is 0 Å². The molecular weight excluding hydrogens is 247 g/mol. The van der Waals surface area contributed by atoms with Crippen molar-refractivity contribution < 1.29 is 9.18 Å². The van der Waals surface area contributed by atoms with Crippen molar-refractivity contribution in [2.24, 2.45) is 0 Å². The van der Waals surface area contributed by atoms with Crippen LogP contribution in [0.3, 0.4) is 0 Å². The summed E-state index contributed by atoms with van der Waals surface area (Å²) in [5, 5.41) is 0. The summed E-state index contributed by atoms with van der Waals surface area (Å²) in [5.74, 6) is -0.439.